The van der Waals surface area contributed by atoms with Gasteiger partial charge in [0, 0.05) is 4.90 Å². The van der Waals surface area contributed by atoms with Gasteiger partial charge in [-0.2, -0.15) is 0 Å². The molecule has 0 aliphatic rings. The molecule has 3 rings (SSSR count). The smallest absolute Gasteiger partial charge is 0.211 e. The van der Waals surface area contributed by atoms with E-state index in [4.69, 9.17) is 0 Å². The number of hydrogen-bond donors (Lipinski definition) is 1. The first kappa shape index (κ1) is 12.2. The van der Waals surface area contributed by atoms with Gasteiger partial charge in [0.1, 0.15) is 0 Å². The molecule has 1 heterocycles. The summed E-state index contributed by atoms with van der Waals surface area (Å²) >= 11 is 3.22. The molecule has 0 atom stereocenters. The molecular formula is C14H10N2OS2. The Labute approximate surface area is 118 Å². The summed E-state index contributed by atoms with van der Waals surface area (Å²) in [6.45, 7) is 0. The van der Waals surface area contributed by atoms with Crippen LogP contribution in [-0.2, 0) is 4.79 Å². The first-order valence-electron chi connectivity index (χ1n) is 5.69. The molecule has 3 nitrogen and oxygen atoms in total. The Bertz CT molecular complexity index is 691. The van der Waals surface area contributed by atoms with Crippen LogP contribution >= 0.6 is 23.1 Å². The molecule has 0 spiro atoms. The molecule has 3 aromatic rings. The number of fused-ring (bicyclic) bond motifs is 1. The largest absolute Gasteiger partial charge is 0.328 e. The summed E-state index contributed by atoms with van der Waals surface area (Å²) in [6.07, 6.45) is 0.692. The lowest BCUT2D eigenvalue weighted by atomic mass is 10.3. The average Bonchev–Trinajstić information content (AvgIpc) is 2.83. The second kappa shape index (κ2) is 5.42. The fraction of sp³-hybridized carbons (Fsp3) is 0. The Kier molecular flexibility index (Phi) is 3.48. The van der Waals surface area contributed by atoms with Crippen molar-refractivity contribution in [3.05, 3.63) is 48.5 Å². The number of para-hydroxylation sites is 2. The third-order valence-corrected chi connectivity index (χ3v) is 4.75. The summed E-state index contributed by atoms with van der Waals surface area (Å²) in [7, 11) is 0. The lowest BCUT2D eigenvalue weighted by Gasteiger charge is -2.04. The number of anilines is 1. The van der Waals surface area contributed by atoms with E-state index in [9.17, 15) is 4.79 Å². The van der Waals surface area contributed by atoms with E-state index in [0.717, 1.165) is 20.4 Å². The number of nitrogens with zero attached hydrogens (tertiary/aromatic N) is 1. The minimum Gasteiger partial charge on any atom is -0.328 e. The fourth-order valence-electron chi connectivity index (χ4n) is 1.73. The predicted octanol–water partition coefficient (Wildman–Crippen LogP) is 4.02. The van der Waals surface area contributed by atoms with E-state index in [2.05, 4.69) is 16.4 Å². The Morgan fingerprint density at radius 3 is 2.74 bits per heavy atom. The van der Waals surface area contributed by atoms with E-state index >= 15 is 0 Å². The Hall–Kier alpha value is -1.85. The minimum absolute atomic E-state index is 0.692. The topological polar surface area (TPSA) is 42.0 Å². The van der Waals surface area contributed by atoms with Crippen molar-refractivity contribution >= 4 is 45.4 Å². The number of rotatable bonds is 4. The van der Waals surface area contributed by atoms with E-state index in [0.29, 0.717) is 6.41 Å². The van der Waals surface area contributed by atoms with Crippen LogP contribution in [0.25, 0.3) is 10.2 Å². The van der Waals surface area contributed by atoms with Crippen molar-refractivity contribution in [3.63, 3.8) is 0 Å². The summed E-state index contributed by atoms with van der Waals surface area (Å²) < 4.78 is 2.15. The molecule has 1 aromatic heterocycles. The van der Waals surface area contributed by atoms with Crippen molar-refractivity contribution in [2.75, 3.05) is 5.32 Å². The van der Waals surface area contributed by atoms with E-state index in [1.165, 1.54) is 4.70 Å². The van der Waals surface area contributed by atoms with Crippen LogP contribution in [0, 0.1) is 0 Å². The maximum atomic E-state index is 10.6. The molecule has 1 amide bonds. The predicted molar refractivity (Wildman–Crippen MR) is 79.9 cm³/mol. The maximum absolute atomic E-state index is 10.6. The first-order chi connectivity index (χ1) is 9.36. The second-order valence-corrected chi connectivity index (χ2v) is 6.13. The molecule has 0 aliphatic heterocycles. The van der Waals surface area contributed by atoms with Crippen molar-refractivity contribution in [1.29, 1.82) is 0 Å². The molecule has 0 fully saturated rings. The fourth-order valence-corrected chi connectivity index (χ4v) is 3.85. The van der Waals surface area contributed by atoms with Gasteiger partial charge in [-0.05, 0) is 24.3 Å². The number of thiazole rings is 1. The summed E-state index contributed by atoms with van der Waals surface area (Å²) in [6, 6.07) is 15.8. The lowest BCUT2D eigenvalue weighted by Crippen LogP contribution is -1.94. The maximum Gasteiger partial charge on any atom is 0.211 e. The molecule has 5 heteroatoms. The molecule has 94 valence electrons. The highest BCUT2D eigenvalue weighted by Crippen LogP contribution is 2.37. The third kappa shape index (κ3) is 2.62. The van der Waals surface area contributed by atoms with Crippen LogP contribution in [0.5, 0.6) is 0 Å². The number of nitrogens with one attached hydrogen (secondary N) is 1. The van der Waals surface area contributed by atoms with E-state index in [-0.39, 0.29) is 0 Å². The highest BCUT2D eigenvalue weighted by Gasteiger charge is 2.08. The molecule has 0 radical (unpaired) electrons. The zero-order valence-electron chi connectivity index (χ0n) is 9.87. The van der Waals surface area contributed by atoms with Crippen LogP contribution in [0.1, 0.15) is 0 Å². The van der Waals surface area contributed by atoms with Crippen LogP contribution < -0.4 is 5.32 Å². The van der Waals surface area contributed by atoms with Gasteiger partial charge in [-0.15, -0.1) is 11.3 Å². The number of aromatic nitrogens is 1. The van der Waals surface area contributed by atoms with Gasteiger partial charge in [0.25, 0.3) is 0 Å². The van der Waals surface area contributed by atoms with Crippen molar-refractivity contribution < 1.29 is 4.79 Å². The van der Waals surface area contributed by atoms with Crippen LogP contribution in [0.2, 0.25) is 0 Å². The quantitative estimate of drug-likeness (QED) is 0.737. The van der Waals surface area contributed by atoms with Crippen molar-refractivity contribution in [2.45, 2.75) is 9.24 Å². The highest BCUT2D eigenvalue weighted by molar-refractivity contribution is 8.01. The average molecular weight is 286 g/mol. The van der Waals surface area contributed by atoms with Gasteiger partial charge in [0.05, 0.1) is 15.9 Å². The van der Waals surface area contributed by atoms with E-state index in [1.807, 2.05) is 42.5 Å². The van der Waals surface area contributed by atoms with Crippen molar-refractivity contribution in [2.24, 2.45) is 0 Å². The van der Waals surface area contributed by atoms with Crippen LogP contribution in [-0.4, -0.2) is 11.4 Å². The molecule has 0 aliphatic carbocycles. The number of carbonyl (C=O) groups excluding carboxylic acids is 1. The zero-order valence-corrected chi connectivity index (χ0v) is 11.5. The molecule has 0 saturated heterocycles. The summed E-state index contributed by atoms with van der Waals surface area (Å²) in [5.41, 5.74) is 1.82. The summed E-state index contributed by atoms with van der Waals surface area (Å²) in [5.74, 6) is 0. The van der Waals surface area contributed by atoms with Gasteiger partial charge in [-0.1, -0.05) is 36.0 Å². The minimum atomic E-state index is 0.692. The monoisotopic (exact) mass is 286 g/mol. The molecule has 0 saturated carbocycles. The van der Waals surface area contributed by atoms with Crippen molar-refractivity contribution in [3.8, 4) is 0 Å². The lowest BCUT2D eigenvalue weighted by molar-refractivity contribution is -0.105. The molecule has 1 N–H and O–H groups in total. The molecule has 19 heavy (non-hydrogen) atoms. The summed E-state index contributed by atoms with van der Waals surface area (Å²) in [4.78, 5) is 16.2. The number of amides is 1. The van der Waals surface area contributed by atoms with Gasteiger partial charge in [0.2, 0.25) is 6.41 Å². The van der Waals surface area contributed by atoms with Gasteiger partial charge >= 0.3 is 0 Å². The Balaban J connectivity index is 1.94. The van der Waals surface area contributed by atoms with Gasteiger partial charge in [0.15, 0.2) is 4.34 Å². The van der Waals surface area contributed by atoms with Gasteiger partial charge < -0.3 is 5.32 Å². The highest BCUT2D eigenvalue weighted by atomic mass is 32.2. The molecular weight excluding hydrogens is 276 g/mol. The van der Waals surface area contributed by atoms with Crippen LogP contribution in [0.4, 0.5) is 5.69 Å². The standard InChI is InChI=1S/C14H10N2OS2/c17-9-15-10-5-1-3-7-12(10)18-14-16-11-6-2-4-8-13(11)19-14/h1-9H,(H,15,17). The van der Waals surface area contributed by atoms with E-state index < -0.39 is 0 Å². The second-order valence-electron chi connectivity index (χ2n) is 3.81. The Morgan fingerprint density at radius 1 is 1.11 bits per heavy atom. The first-order valence-corrected chi connectivity index (χ1v) is 7.33. The zero-order chi connectivity index (χ0) is 13.1. The number of hydrogen-bond acceptors (Lipinski definition) is 4. The number of benzene rings is 2. The van der Waals surface area contributed by atoms with Gasteiger partial charge in [-0.3, -0.25) is 4.79 Å². The third-order valence-electron chi connectivity index (χ3n) is 2.57. The number of carbonyl (C=O) groups is 1. The Morgan fingerprint density at radius 2 is 1.89 bits per heavy atom. The normalized spacial score (nSPS) is 10.5. The van der Waals surface area contributed by atoms with Crippen LogP contribution in [0.15, 0.2) is 57.8 Å². The molecule has 0 bridgehead atoms. The van der Waals surface area contributed by atoms with Gasteiger partial charge in [-0.25, -0.2) is 4.98 Å². The van der Waals surface area contributed by atoms with Crippen molar-refractivity contribution in [1.82, 2.24) is 4.98 Å². The summed E-state index contributed by atoms with van der Waals surface area (Å²) in [5, 5.41) is 2.71. The molecule has 0 unspecified atom stereocenters. The van der Waals surface area contributed by atoms with Crippen LogP contribution in [0.3, 0.4) is 0 Å². The SMILES string of the molecule is O=CNc1ccccc1Sc1nc2ccccc2s1. The van der Waals surface area contributed by atoms with E-state index in [1.54, 1.807) is 23.1 Å². The molecule has 2 aromatic carbocycles.